The van der Waals surface area contributed by atoms with E-state index in [4.69, 9.17) is 15.6 Å². The van der Waals surface area contributed by atoms with Crippen LogP contribution in [0.5, 0.6) is 0 Å². The van der Waals surface area contributed by atoms with Gasteiger partial charge in [0.15, 0.2) is 0 Å². The van der Waals surface area contributed by atoms with Gasteiger partial charge in [0.05, 0.1) is 24.8 Å². The summed E-state index contributed by atoms with van der Waals surface area (Å²) < 4.78 is 4.90. The van der Waals surface area contributed by atoms with E-state index in [0.29, 0.717) is 18.0 Å². The number of carbonyl (C=O) groups is 1. The minimum absolute atomic E-state index is 0.0624. The second kappa shape index (κ2) is 6.04. The van der Waals surface area contributed by atoms with Crippen LogP contribution < -0.4 is 11.1 Å². The van der Waals surface area contributed by atoms with E-state index >= 15 is 0 Å². The molecule has 0 bridgehead atoms. The highest BCUT2D eigenvalue weighted by Crippen LogP contribution is 2.06. The molecule has 1 amide bonds. The van der Waals surface area contributed by atoms with Crippen LogP contribution in [0, 0.1) is 0 Å². The fourth-order valence-electron chi connectivity index (χ4n) is 1.18. The number of amides is 1. The Morgan fingerprint density at radius 3 is 2.88 bits per heavy atom. The van der Waals surface area contributed by atoms with E-state index in [1.165, 1.54) is 6.20 Å². The zero-order valence-corrected chi connectivity index (χ0v) is 9.01. The monoisotopic (exact) mass is 225 g/mol. The third-order valence-electron chi connectivity index (χ3n) is 1.99. The molecule has 0 saturated heterocycles. The number of carbonyl (C=O) groups excluding carboxylic acids is 1. The average molecular weight is 225 g/mol. The molecule has 1 rings (SSSR count). The first-order chi connectivity index (χ1) is 7.67. The normalized spacial score (nSPS) is 12.1. The van der Waals surface area contributed by atoms with Crippen molar-refractivity contribution < 1.29 is 14.6 Å². The van der Waals surface area contributed by atoms with Crippen LogP contribution in [-0.2, 0) is 4.74 Å². The third-order valence-corrected chi connectivity index (χ3v) is 1.99. The molecule has 1 atom stereocenters. The molecule has 0 spiro atoms. The Balaban J connectivity index is 2.63. The first-order valence-electron chi connectivity index (χ1n) is 4.79. The molecule has 0 aromatic carbocycles. The minimum Gasteiger partial charge on any atom is -0.394 e. The number of hydrogen-bond donors (Lipinski definition) is 3. The van der Waals surface area contributed by atoms with Gasteiger partial charge in [-0.1, -0.05) is 0 Å². The lowest BCUT2D eigenvalue weighted by molar-refractivity contribution is 0.1000. The summed E-state index contributed by atoms with van der Waals surface area (Å²) in [6.45, 7) is 0.308. The van der Waals surface area contributed by atoms with Crippen molar-refractivity contribution in [3.05, 3.63) is 23.9 Å². The van der Waals surface area contributed by atoms with Gasteiger partial charge in [0.1, 0.15) is 5.82 Å². The molecular formula is C10H15N3O3. The Bertz CT molecular complexity index is 340. The highest BCUT2D eigenvalue weighted by atomic mass is 16.5. The predicted molar refractivity (Wildman–Crippen MR) is 59.1 cm³/mol. The number of nitrogens with one attached hydrogen (secondary N) is 1. The zero-order valence-electron chi connectivity index (χ0n) is 9.01. The number of methoxy groups -OCH3 is 1. The molecule has 6 heteroatoms. The third kappa shape index (κ3) is 3.48. The number of pyridine rings is 1. The van der Waals surface area contributed by atoms with E-state index in [1.807, 2.05) is 0 Å². The Morgan fingerprint density at radius 1 is 1.69 bits per heavy atom. The van der Waals surface area contributed by atoms with E-state index in [0.717, 1.165) is 0 Å². The van der Waals surface area contributed by atoms with Crippen molar-refractivity contribution in [3.8, 4) is 0 Å². The SMILES string of the molecule is COCC(CO)Nc1ccc(C(N)=O)cn1. The van der Waals surface area contributed by atoms with Crippen molar-refractivity contribution in [2.75, 3.05) is 25.6 Å². The summed E-state index contributed by atoms with van der Waals surface area (Å²) in [5, 5.41) is 12.0. The molecule has 88 valence electrons. The Hall–Kier alpha value is -1.66. The summed E-state index contributed by atoms with van der Waals surface area (Å²) in [4.78, 5) is 14.8. The van der Waals surface area contributed by atoms with Crippen molar-refractivity contribution in [1.82, 2.24) is 4.98 Å². The number of nitrogens with zero attached hydrogens (tertiary/aromatic N) is 1. The molecule has 0 radical (unpaired) electrons. The Labute approximate surface area is 93.4 Å². The smallest absolute Gasteiger partial charge is 0.250 e. The van der Waals surface area contributed by atoms with Crippen LogP contribution in [0.3, 0.4) is 0 Å². The van der Waals surface area contributed by atoms with Crippen LogP contribution in [0.25, 0.3) is 0 Å². The maximum absolute atomic E-state index is 10.8. The Kier molecular flexibility index (Phi) is 4.68. The standard InChI is InChI=1S/C10H15N3O3/c1-16-6-8(5-14)13-9-3-2-7(4-12-9)10(11)15/h2-4,8,14H,5-6H2,1H3,(H2,11,15)(H,12,13). The first-order valence-corrected chi connectivity index (χ1v) is 4.79. The van der Waals surface area contributed by atoms with Crippen molar-refractivity contribution in [2.24, 2.45) is 5.73 Å². The van der Waals surface area contributed by atoms with Crippen LogP contribution in [-0.4, -0.2) is 42.4 Å². The molecule has 0 aliphatic rings. The van der Waals surface area contributed by atoms with Gasteiger partial charge in [-0.05, 0) is 12.1 Å². The van der Waals surface area contributed by atoms with Crippen LogP contribution in [0.15, 0.2) is 18.3 Å². The molecule has 1 aromatic heterocycles. The highest BCUT2D eigenvalue weighted by Gasteiger charge is 2.07. The summed E-state index contributed by atoms with van der Waals surface area (Å²) in [7, 11) is 1.55. The van der Waals surface area contributed by atoms with Gasteiger partial charge in [-0.3, -0.25) is 4.79 Å². The number of primary amides is 1. The fraction of sp³-hybridized carbons (Fsp3) is 0.400. The molecule has 6 nitrogen and oxygen atoms in total. The molecule has 4 N–H and O–H groups in total. The van der Waals surface area contributed by atoms with Gasteiger partial charge >= 0.3 is 0 Å². The molecule has 1 heterocycles. The first kappa shape index (κ1) is 12.4. The number of rotatable bonds is 6. The molecule has 1 unspecified atom stereocenters. The highest BCUT2D eigenvalue weighted by molar-refractivity contribution is 5.92. The van der Waals surface area contributed by atoms with E-state index in [-0.39, 0.29) is 12.6 Å². The summed E-state index contributed by atoms with van der Waals surface area (Å²) in [6.07, 6.45) is 1.38. The van der Waals surface area contributed by atoms with Crippen molar-refractivity contribution in [3.63, 3.8) is 0 Å². The summed E-state index contributed by atoms with van der Waals surface area (Å²) >= 11 is 0. The van der Waals surface area contributed by atoms with E-state index < -0.39 is 5.91 Å². The second-order valence-electron chi connectivity index (χ2n) is 3.28. The molecule has 16 heavy (non-hydrogen) atoms. The molecule has 0 fully saturated rings. The number of anilines is 1. The zero-order chi connectivity index (χ0) is 12.0. The molecule has 1 aromatic rings. The van der Waals surface area contributed by atoms with Crippen LogP contribution in [0.2, 0.25) is 0 Å². The van der Waals surface area contributed by atoms with Crippen molar-refractivity contribution in [1.29, 1.82) is 0 Å². The van der Waals surface area contributed by atoms with E-state index in [9.17, 15) is 4.79 Å². The quantitative estimate of drug-likeness (QED) is 0.612. The molecule has 0 aliphatic heterocycles. The molecule has 0 aliphatic carbocycles. The molecule has 0 saturated carbocycles. The van der Waals surface area contributed by atoms with Gasteiger partial charge in [0, 0.05) is 13.3 Å². The lowest BCUT2D eigenvalue weighted by Crippen LogP contribution is -2.29. The Morgan fingerprint density at radius 2 is 2.44 bits per heavy atom. The lowest BCUT2D eigenvalue weighted by Gasteiger charge is -2.15. The van der Waals surface area contributed by atoms with E-state index in [2.05, 4.69) is 10.3 Å². The minimum atomic E-state index is -0.519. The summed E-state index contributed by atoms with van der Waals surface area (Å²) in [5.74, 6) is 0.0377. The maximum atomic E-state index is 10.8. The van der Waals surface area contributed by atoms with Crippen molar-refractivity contribution >= 4 is 11.7 Å². The van der Waals surface area contributed by atoms with Gasteiger partial charge in [-0.2, -0.15) is 0 Å². The summed E-state index contributed by atoms with van der Waals surface area (Å²) in [6, 6.07) is 2.97. The van der Waals surface area contributed by atoms with Crippen molar-refractivity contribution in [2.45, 2.75) is 6.04 Å². The number of aliphatic hydroxyl groups excluding tert-OH is 1. The topological polar surface area (TPSA) is 97.5 Å². The van der Waals surface area contributed by atoms with Gasteiger partial charge in [-0.15, -0.1) is 0 Å². The summed E-state index contributed by atoms with van der Waals surface area (Å²) in [5.41, 5.74) is 5.42. The van der Waals surface area contributed by atoms with Crippen LogP contribution in [0.1, 0.15) is 10.4 Å². The number of hydrogen-bond acceptors (Lipinski definition) is 5. The molecular weight excluding hydrogens is 210 g/mol. The van der Waals surface area contributed by atoms with E-state index in [1.54, 1.807) is 19.2 Å². The number of aliphatic hydroxyl groups is 1. The van der Waals surface area contributed by atoms with Crippen LogP contribution in [0.4, 0.5) is 5.82 Å². The average Bonchev–Trinajstić information content (AvgIpc) is 2.29. The second-order valence-corrected chi connectivity index (χ2v) is 3.28. The van der Waals surface area contributed by atoms with Gasteiger partial charge < -0.3 is 20.9 Å². The van der Waals surface area contributed by atoms with Gasteiger partial charge in [0.25, 0.3) is 0 Å². The van der Waals surface area contributed by atoms with Gasteiger partial charge in [-0.25, -0.2) is 4.98 Å². The maximum Gasteiger partial charge on any atom is 0.250 e. The van der Waals surface area contributed by atoms with Gasteiger partial charge in [0.2, 0.25) is 5.91 Å². The van der Waals surface area contributed by atoms with Crippen LogP contribution >= 0.6 is 0 Å². The largest absolute Gasteiger partial charge is 0.394 e. The number of nitrogens with two attached hydrogens (primary N) is 1. The number of aromatic nitrogens is 1. The lowest BCUT2D eigenvalue weighted by atomic mass is 10.2. The fourth-order valence-corrected chi connectivity index (χ4v) is 1.18. The predicted octanol–water partition coefficient (Wildman–Crippen LogP) is -0.400. The number of ether oxygens (including phenoxy) is 1.